The van der Waals surface area contributed by atoms with Gasteiger partial charge in [-0.2, -0.15) is 0 Å². The summed E-state index contributed by atoms with van der Waals surface area (Å²) >= 11 is 0. The highest BCUT2D eigenvalue weighted by atomic mass is 19.1. The van der Waals surface area contributed by atoms with Gasteiger partial charge < -0.3 is 26.3 Å². The lowest BCUT2D eigenvalue weighted by Gasteiger charge is -2.29. The van der Waals surface area contributed by atoms with Crippen molar-refractivity contribution in [2.45, 2.75) is 19.8 Å². The van der Waals surface area contributed by atoms with Crippen molar-refractivity contribution >= 4 is 17.6 Å². The molecular weight excluding hydrogens is 375 g/mol. The molecule has 0 aliphatic carbocycles. The number of carbonyl (C=O) groups excluding carboxylic acids is 2. The highest BCUT2D eigenvalue weighted by molar-refractivity contribution is 5.99. The van der Waals surface area contributed by atoms with Crippen LogP contribution in [0.25, 0.3) is 0 Å². The van der Waals surface area contributed by atoms with Crippen LogP contribution in [-0.2, 0) is 19.1 Å². The number of non-ortho nitro benzene ring substituents is 1. The molecule has 5 N–H and O–H groups in total. The Morgan fingerprint density at radius 2 is 1.64 bits per heavy atom. The number of nitro groups is 1. The predicted molar refractivity (Wildman–Crippen MR) is 94.6 cm³/mol. The van der Waals surface area contributed by atoms with E-state index in [2.05, 4.69) is 5.32 Å². The van der Waals surface area contributed by atoms with Crippen LogP contribution in [0.15, 0.2) is 41.0 Å². The summed E-state index contributed by atoms with van der Waals surface area (Å²) in [5.74, 6) is -4.75. The third-order valence-electron chi connectivity index (χ3n) is 3.92. The molecular formula is C17H19FN4O6. The number of benzene rings is 1. The maximum atomic E-state index is 14.6. The number of nitrogens with two attached hydrogens (primary N) is 2. The molecule has 0 fully saturated rings. The Morgan fingerprint density at radius 1 is 1.14 bits per heavy atom. The van der Waals surface area contributed by atoms with Gasteiger partial charge in [-0.05, 0) is 19.9 Å². The van der Waals surface area contributed by atoms with E-state index in [1.807, 2.05) is 0 Å². The van der Waals surface area contributed by atoms with E-state index in [4.69, 9.17) is 20.9 Å². The molecule has 0 saturated heterocycles. The van der Waals surface area contributed by atoms with E-state index >= 15 is 0 Å². The molecule has 2 rings (SSSR count). The minimum atomic E-state index is -1.46. The van der Waals surface area contributed by atoms with Gasteiger partial charge in [-0.15, -0.1) is 0 Å². The van der Waals surface area contributed by atoms with Crippen LogP contribution in [0.1, 0.15) is 25.3 Å². The zero-order valence-electron chi connectivity index (χ0n) is 15.2. The lowest BCUT2D eigenvalue weighted by molar-refractivity contribution is -0.385. The van der Waals surface area contributed by atoms with E-state index in [9.17, 15) is 24.1 Å². The van der Waals surface area contributed by atoms with Crippen LogP contribution in [0, 0.1) is 15.9 Å². The number of ether oxygens (including phenoxy) is 2. The van der Waals surface area contributed by atoms with Gasteiger partial charge in [0.15, 0.2) is 0 Å². The molecule has 1 aromatic rings. The van der Waals surface area contributed by atoms with Crippen molar-refractivity contribution in [1.29, 1.82) is 0 Å². The first-order chi connectivity index (χ1) is 13.2. The van der Waals surface area contributed by atoms with E-state index in [0.29, 0.717) is 0 Å². The number of dihydropyridines is 1. The molecule has 10 nitrogen and oxygen atoms in total. The fraction of sp³-hybridized carbons (Fsp3) is 0.294. The largest absolute Gasteiger partial charge is 0.463 e. The standard InChI is InChI=1S/C17H19FN4O6/c1-3-27-16(23)12-11(9-7-8(22(25)26)5-6-10(9)18)13(17(24)28-4-2)15(20)21-14(12)19/h5-7,11,21H,3-4,19-20H2,1-2H3. The number of hydrogen-bond acceptors (Lipinski definition) is 9. The van der Waals surface area contributed by atoms with Gasteiger partial charge in [-0.25, -0.2) is 14.0 Å². The molecule has 0 amide bonds. The molecule has 0 bridgehead atoms. The Kier molecular flexibility index (Phi) is 6.18. The highest BCUT2D eigenvalue weighted by Crippen LogP contribution is 2.39. The van der Waals surface area contributed by atoms with Crippen LogP contribution < -0.4 is 16.8 Å². The van der Waals surface area contributed by atoms with Crippen molar-refractivity contribution in [2.75, 3.05) is 13.2 Å². The molecule has 1 heterocycles. The zero-order valence-corrected chi connectivity index (χ0v) is 15.2. The van der Waals surface area contributed by atoms with Gasteiger partial charge in [0.25, 0.3) is 5.69 Å². The van der Waals surface area contributed by atoms with Gasteiger partial charge in [-0.3, -0.25) is 10.1 Å². The Morgan fingerprint density at radius 3 is 2.07 bits per heavy atom. The normalized spacial score (nSPS) is 14.5. The molecule has 0 atom stereocenters. The first kappa shape index (κ1) is 20.7. The Bertz CT molecular complexity index is 856. The highest BCUT2D eigenvalue weighted by Gasteiger charge is 2.41. The molecule has 1 aliphatic heterocycles. The van der Waals surface area contributed by atoms with E-state index in [1.54, 1.807) is 13.8 Å². The van der Waals surface area contributed by atoms with Crippen LogP contribution in [0.4, 0.5) is 10.1 Å². The fourth-order valence-corrected chi connectivity index (χ4v) is 2.79. The molecule has 28 heavy (non-hydrogen) atoms. The smallest absolute Gasteiger partial charge is 0.338 e. The number of halogens is 1. The molecule has 1 aliphatic rings. The Hall–Kier alpha value is -3.63. The molecule has 11 heteroatoms. The molecule has 1 aromatic carbocycles. The summed E-state index contributed by atoms with van der Waals surface area (Å²) in [5, 5.41) is 13.6. The summed E-state index contributed by atoms with van der Waals surface area (Å²) in [6.45, 7) is 3.05. The lowest BCUT2D eigenvalue weighted by Crippen LogP contribution is -2.39. The third-order valence-corrected chi connectivity index (χ3v) is 3.92. The summed E-state index contributed by atoms with van der Waals surface area (Å²) in [5.41, 5.74) is 10.3. The number of carbonyl (C=O) groups is 2. The number of nitrogens with one attached hydrogen (secondary N) is 1. The van der Waals surface area contributed by atoms with Crippen molar-refractivity contribution < 1.29 is 28.4 Å². The topological polar surface area (TPSA) is 160 Å². The number of nitro benzene ring substituents is 1. The molecule has 150 valence electrons. The fourth-order valence-electron chi connectivity index (χ4n) is 2.79. The molecule has 0 radical (unpaired) electrons. The summed E-state index contributed by atoms with van der Waals surface area (Å²) in [6.07, 6.45) is 0. The number of nitrogens with zero attached hydrogens (tertiary/aromatic N) is 1. The maximum Gasteiger partial charge on any atom is 0.338 e. The van der Waals surface area contributed by atoms with Crippen molar-refractivity contribution in [3.05, 3.63) is 62.5 Å². The van der Waals surface area contributed by atoms with E-state index in [1.165, 1.54) is 0 Å². The monoisotopic (exact) mass is 394 g/mol. The Labute approximate surface area is 159 Å². The molecule has 0 unspecified atom stereocenters. The van der Waals surface area contributed by atoms with E-state index in [0.717, 1.165) is 18.2 Å². The minimum absolute atomic E-state index is 0.0201. The minimum Gasteiger partial charge on any atom is -0.463 e. The second kappa shape index (κ2) is 8.37. The average Bonchev–Trinajstić information content (AvgIpc) is 2.61. The zero-order chi connectivity index (χ0) is 21.0. The quantitative estimate of drug-likeness (QED) is 0.361. The van der Waals surface area contributed by atoms with Crippen molar-refractivity contribution in [3.63, 3.8) is 0 Å². The van der Waals surface area contributed by atoms with Crippen molar-refractivity contribution in [2.24, 2.45) is 11.5 Å². The first-order valence-corrected chi connectivity index (χ1v) is 8.27. The van der Waals surface area contributed by atoms with E-state index < -0.39 is 34.3 Å². The second-order valence-corrected chi connectivity index (χ2v) is 5.62. The van der Waals surface area contributed by atoms with Crippen LogP contribution in [-0.4, -0.2) is 30.1 Å². The molecule has 0 saturated carbocycles. The average molecular weight is 394 g/mol. The third kappa shape index (κ3) is 3.87. The lowest BCUT2D eigenvalue weighted by atomic mass is 9.81. The summed E-state index contributed by atoms with van der Waals surface area (Å²) in [7, 11) is 0. The summed E-state index contributed by atoms with van der Waals surface area (Å²) in [4.78, 5) is 35.4. The maximum absolute atomic E-state index is 14.6. The van der Waals surface area contributed by atoms with Crippen molar-refractivity contribution in [1.82, 2.24) is 5.32 Å². The van der Waals surface area contributed by atoms with Crippen LogP contribution >= 0.6 is 0 Å². The Balaban J connectivity index is 2.76. The van der Waals surface area contributed by atoms with Gasteiger partial charge >= 0.3 is 11.9 Å². The van der Waals surface area contributed by atoms with Gasteiger partial charge in [0.05, 0.1) is 35.2 Å². The SMILES string of the molecule is CCOC(=O)C1=C(N)NC(N)=C(C(=O)OCC)C1c1cc([N+](=O)[O-])ccc1F. The number of hydrogen-bond donors (Lipinski definition) is 3. The van der Waals surface area contributed by atoms with E-state index in [-0.39, 0.29) is 41.6 Å². The first-order valence-electron chi connectivity index (χ1n) is 8.27. The summed E-state index contributed by atoms with van der Waals surface area (Å²) in [6, 6.07) is 2.71. The number of rotatable bonds is 6. The molecule has 0 aromatic heterocycles. The second-order valence-electron chi connectivity index (χ2n) is 5.62. The van der Waals surface area contributed by atoms with Gasteiger partial charge in [0, 0.05) is 17.7 Å². The van der Waals surface area contributed by atoms with Crippen LogP contribution in [0.5, 0.6) is 0 Å². The van der Waals surface area contributed by atoms with Crippen LogP contribution in [0.3, 0.4) is 0 Å². The summed E-state index contributed by atoms with van der Waals surface area (Å²) < 4.78 is 24.6. The van der Waals surface area contributed by atoms with Crippen molar-refractivity contribution in [3.8, 4) is 0 Å². The van der Waals surface area contributed by atoms with Gasteiger partial charge in [0.2, 0.25) is 0 Å². The molecule has 0 spiro atoms. The van der Waals surface area contributed by atoms with Gasteiger partial charge in [0.1, 0.15) is 17.5 Å². The predicted octanol–water partition coefficient (Wildman–Crippen LogP) is 0.888. The number of esters is 2. The van der Waals surface area contributed by atoms with Crippen LogP contribution in [0.2, 0.25) is 0 Å². The van der Waals surface area contributed by atoms with Gasteiger partial charge in [-0.1, -0.05) is 0 Å².